The first-order chi connectivity index (χ1) is 14.4. The van der Waals surface area contributed by atoms with E-state index in [1.54, 1.807) is 24.4 Å². The van der Waals surface area contributed by atoms with E-state index in [9.17, 15) is 25.0 Å². The molecule has 4 rings (SSSR count). The van der Waals surface area contributed by atoms with Crippen molar-refractivity contribution >= 4 is 28.2 Å². The molecule has 0 aliphatic carbocycles. The third kappa shape index (κ3) is 3.73. The maximum atomic E-state index is 12.9. The second-order valence-electron chi connectivity index (χ2n) is 7.43. The normalized spacial score (nSPS) is 14.7. The van der Waals surface area contributed by atoms with Crippen LogP contribution < -0.4 is 0 Å². The van der Waals surface area contributed by atoms with Crippen LogP contribution in [0.25, 0.3) is 10.9 Å². The number of nitrogens with zero attached hydrogens (tertiary/aromatic N) is 3. The number of carbonyl (C=O) groups is 1. The molecule has 1 aromatic heterocycles. The average Bonchev–Trinajstić information content (AvgIpc) is 3.41. The number of benzene rings is 2. The Morgan fingerprint density at radius 2 is 1.73 bits per heavy atom. The van der Waals surface area contributed by atoms with Crippen molar-refractivity contribution in [2.24, 2.45) is 0 Å². The number of H-pyrrole nitrogens is 1. The highest BCUT2D eigenvalue weighted by Gasteiger charge is 2.27. The Morgan fingerprint density at radius 1 is 1.03 bits per heavy atom. The summed E-state index contributed by atoms with van der Waals surface area (Å²) in [6.07, 6.45) is 3.80. The van der Waals surface area contributed by atoms with Crippen molar-refractivity contribution in [3.63, 3.8) is 0 Å². The smallest absolute Gasteiger partial charge is 0.270 e. The van der Waals surface area contributed by atoms with Crippen LogP contribution in [0.2, 0.25) is 0 Å². The van der Waals surface area contributed by atoms with Gasteiger partial charge in [0.2, 0.25) is 5.91 Å². The molecule has 2 aromatic carbocycles. The molecule has 0 spiro atoms. The van der Waals surface area contributed by atoms with Gasteiger partial charge in [0.15, 0.2) is 0 Å². The van der Waals surface area contributed by atoms with E-state index in [-0.39, 0.29) is 23.7 Å². The largest absolute Gasteiger partial charge is 0.361 e. The number of nitro groups is 2. The molecule has 0 radical (unpaired) electrons. The summed E-state index contributed by atoms with van der Waals surface area (Å²) in [5.74, 6) is -0.488. The maximum Gasteiger partial charge on any atom is 0.270 e. The van der Waals surface area contributed by atoms with Gasteiger partial charge in [-0.05, 0) is 30.0 Å². The first kappa shape index (κ1) is 19.6. The number of nitro benzene ring substituents is 2. The molecule has 154 valence electrons. The van der Waals surface area contributed by atoms with Gasteiger partial charge < -0.3 is 9.88 Å². The predicted molar refractivity (Wildman–Crippen MR) is 110 cm³/mol. The van der Waals surface area contributed by atoms with Crippen molar-refractivity contribution in [1.82, 2.24) is 9.88 Å². The topological polar surface area (TPSA) is 122 Å². The van der Waals surface area contributed by atoms with Gasteiger partial charge >= 0.3 is 0 Å². The lowest BCUT2D eigenvalue weighted by molar-refractivity contribution is -0.385. The molecule has 1 aliphatic rings. The zero-order valence-electron chi connectivity index (χ0n) is 16.1. The number of hydrogen-bond donors (Lipinski definition) is 1. The standard InChI is InChI=1S/C21H20N4O5/c26-21(23-8-1-2-9-23)12-17(14-4-3-5-15(10-14)24(27)28)19-13-22-20-7-6-16(25(29)30)11-18(19)20/h3-7,10-11,13,17,22H,1-2,8-9,12H2/t17-/m0/s1. The molecule has 1 aliphatic heterocycles. The Kier molecular flexibility index (Phi) is 5.18. The molecule has 1 amide bonds. The molecule has 9 heteroatoms. The van der Waals surface area contributed by atoms with Crippen molar-refractivity contribution in [3.05, 3.63) is 80.0 Å². The molecule has 1 saturated heterocycles. The third-order valence-electron chi connectivity index (χ3n) is 5.60. The summed E-state index contributed by atoms with van der Waals surface area (Å²) in [5, 5.41) is 23.2. The lowest BCUT2D eigenvalue weighted by atomic mass is 9.87. The highest BCUT2D eigenvalue weighted by Crippen LogP contribution is 2.36. The van der Waals surface area contributed by atoms with Gasteiger partial charge in [-0.2, -0.15) is 0 Å². The molecule has 0 unspecified atom stereocenters. The van der Waals surface area contributed by atoms with Crippen LogP contribution >= 0.6 is 0 Å². The van der Waals surface area contributed by atoms with Gasteiger partial charge in [0.05, 0.1) is 9.85 Å². The molecular weight excluding hydrogens is 388 g/mol. The Labute approximate surface area is 171 Å². The summed E-state index contributed by atoms with van der Waals surface area (Å²) in [5.41, 5.74) is 1.94. The number of aromatic amines is 1. The summed E-state index contributed by atoms with van der Waals surface area (Å²) in [6, 6.07) is 10.8. The zero-order chi connectivity index (χ0) is 21.3. The quantitative estimate of drug-likeness (QED) is 0.485. The van der Waals surface area contributed by atoms with Crippen LogP contribution in [0.4, 0.5) is 11.4 Å². The Bertz CT molecular complexity index is 1130. The number of nitrogens with one attached hydrogen (secondary N) is 1. The van der Waals surface area contributed by atoms with E-state index in [2.05, 4.69) is 4.98 Å². The summed E-state index contributed by atoms with van der Waals surface area (Å²) in [7, 11) is 0. The highest BCUT2D eigenvalue weighted by atomic mass is 16.6. The number of amides is 1. The monoisotopic (exact) mass is 408 g/mol. The van der Waals surface area contributed by atoms with Crippen LogP contribution in [0.5, 0.6) is 0 Å². The molecule has 3 aromatic rings. The summed E-state index contributed by atoms with van der Waals surface area (Å²) in [6.45, 7) is 1.42. The Morgan fingerprint density at radius 3 is 2.43 bits per heavy atom. The van der Waals surface area contributed by atoms with E-state index < -0.39 is 15.8 Å². The Hall–Kier alpha value is -3.75. The molecule has 0 saturated carbocycles. The van der Waals surface area contributed by atoms with Crippen LogP contribution in [-0.2, 0) is 4.79 Å². The summed E-state index contributed by atoms with van der Waals surface area (Å²) < 4.78 is 0. The number of carbonyl (C=O) groups excluding carboxylic acids is 1. The SMILES string of the molecule is O=C(C[C@@H](c1cccc([N+](=O)[O-])c1)c1c[nH]c2ccc([N+](=O)[O-])cc12)N1CCCC1. The van der Waals surface area contributed by atoms with E-state index in [1.165, 1.54) is 24.3 Å². The summed E-state index contributed by atoms with van der Waals surface area (Å²) >= 11 is 0. The van der Waals surface area contributed by atoms with Crippen LogP contribution in [0.15, 0.2) is 48.7 Å². The van der Waals surface area contributed by atoms with Crippen molar-refractivity contribution in [2.75, 3.05) is 13.1 Å². The predicted octanol–water partition coefficient (Wildman–Crippen LogP) is 4.13. The van der Waals surface area contributed by atoms with E-state index in [0.717, 1.165) is 12.8 Å². The average molecular weight is 408 g/mol. The van der Waals surface area contributed by atoms with Crippen LogP contribution in [0.1, 0.15) is 36.3 Å². The zero-order valence-corrected chi connectivity index (χ0v) is 16.1. The highest BCUT2D eigenvalue weighted by molar-refractivity contribution is 5.88. The van der Waals surface area contributed by atoms with E-state index >= 15 is 0 Å². The molecule has 2 heterocycles. The van der Waals surface area contributed by atoms with Crippen molar-refractivity contribution in [1.29, 1.82) is 0 Å². The van der Waals surface area contributed by atoms with Gasteiger partial charge in [-0.25, -0.2) is 0 Å². The number of rotatable bonds is 6. The molecule has 1 fully saturated rings. The van der Waals surface area contributed by atoms with Gasteiger partial charge in [0.1, 0.15) is 0 Å². The fraction of sp³-hybridized carbons (Fsp3) is 0.286. The van der Waals surface area contributed by atoms with Crippen molar-refractivity contribution in [2.45, 2.75) is 25.2 Å². The molecular formula is C21H20N4O5. The molecule has 9 nitrogen and oxygen atoms in total. The van der Waals surface area contributed by atoms with Crippen molar-refractivity contribution < 1.29 is 14.6 Å². The first-order valence-electron chi connectivity index (χ1n) is 9.71. The lowest BCUT2D eigenvalue weighted by Crippen LogP contribution is -2.29. The fourth-order valence-corrected chi connectivity index (χ4v) is 4.06. The van der Waals surface area contributed by atoms with Crippen LogP contribution in [-0.4, -0.2) is 38.7 Å². The van der Waals surface area contributed by atoms with Crippen LogP contribution in [0.3, 0.4) is 0 Å². The van der Waals surface area contributed by atoms with Crippen LogP contribution in [0, 0.1) is 20.2 Å². The Balaban J connectivity index is 1.80. The molecule has 30 heavy (non-hydrogen) atoms. The number of fused-ring (bicyclic) bond motifs is 1. The van der Waals surface area contributed by atoms with Crippen molar-refractivity contribution in [3.8, 4) is 0 Å². The van der Waals surface area contributed by atoms with E-state index in [0.29, 0.717) is 35.1 Å². The number of likely N-dealkylation sites (tertiary alicyclic amines) is 1. The van der Waals surface area contributed by atoms with E-state index in [1.807, 2.05) is 4.90 Å². The van der Waals surface area contributed by atoms with Gasteiger partial charge in [-0.1, -0.05) is 12.1 Å². The van der Waals surface area contributed by atoms with Gasteiger partial charge in [0.25, 0.3) is 11.4 Å². The number of aromatic nitrogens is 1. The van der Waals surface area contributed by atoms with E-state index in [4.69, 9.17) is 0 Å². The number of hydrogen-bond acceptors (Lipinski definition) is 5. The van der Waals surface area contributed by atoms with Gasteiger partial charge in [-0.15, -0.1) is 0 Å². The maximum absolute atomic E-state index is 12.9. The second-order valence-corrected chi connectivity index (χ2v) is 7.43. The summed E-state index contributed by atoms with van der Waals surface area (Å²) in [4.78, 5) is 39.4. The molecule has 1 N–H and O–H groups in total. The fourth-order valence-electron chi connectivity index (χ4n) is 4.06. The van der Waals surface area contributed by atoms with Gasteiger partial charge in [0, 0.05) is 66.8 Å². The second kappa shape index (κ2) is 7.94. The minimum atomic E-state index is -0.469. The minimum absolute atomic E-state index is 0.0243. The molecule has 0 bridgehead atoms. The van der Waals surface area contributed by atoms with Gasteiger partial charge in [-0.3, -0.25) is 25.0 Å². The third-order valence-corrected chi connectivity index (χ3v) is 5.60. The first-order valence-corrected chi connectivity index (χ1v) is 9.71. The minimum Gasteiger partial charge on any atom is -0.361 e. The lowest BCUT2D eigenvalue weighted by Gasteiger charge is -2.21. The number of non-ortho nitro benzene ring substituents is 2. The molecule has 1 atom stereocenters.